The number of nitrogens with two attached hydrogens (primary N) is 1. The van der Waals surface area contributed by atoms with E-state index in [0.29, 0.717) is 6.04 Å². The fraction of sp³-hybridized carbons (Fsp3) is 0.684. The van der Waals surface area contributed by atoms with Crippen molar-refractivity contribution in [3.8, 4) is 5.75 Å². The van der Waals surface area contributed by atoms with E-state index in [2.05, 4.69) is 46.0 Å². The molecule has 1 aromatic rings. The molecule has 0 amide bonds. The van der Waals surface area contributed by atoms with Gasteiger partial charge >= 0.3 is 0 Å². The Morgan fingerprint density at radius 3 is 2.50 bits per heavy atom. The van der Waals surface area contributed by atoms with E-state index in [0.717, 1.165) is 71.1 Å². The number of halogens is 2. The molecule has 1 atom stereocenters. The quantitative estimate of drug-likeness (QED) is 0.785. The summed E-state index contributed by atoms with van der Waals surface area (Å²) in [6, 6.07) is 8.78. The first-order valence-electron chi connectivity index (χ1n) is 9.30. The number of ether oxygens (including phenoxy) is 1. The summed E-state index contributed by atoms with van der Waals surface area (Å²) in [6.07, 6.45) is 2.35. The molecule has 0 aliphatic carbocycles. The van der Waals surface area contributed by atoms with Gasteiger partial charge in [0.05, 0.1) is 0 Å². The Hall–Kier alpha value is -0.560. The van der Waals surface area contributed by atoms with Crippen LogP contribution in [-0.4, -0.2) is 80.2 Å². The van der Waals surface area contributed by atoms with Crippen LogP contribution in [0.25, 0.3) is 0 Å². The maximum absolute atomic E-state index is 6.12. The molecule has 2 fully saturated rings. The zero-order valence-corrected chi connectivity index (χ0v) is 17.4. The van der Waals surface area contributed by atoms with Gasteiger partial charge in [0.2, 0.25) is 0 Å². The van der Waals surface area contributed by atoms with Gasteiger partial charge in [0.1, 0.15) is 12.4 Å². The lowest BCUT2D eigenvalue weighted by molar-refractivity contribution is 0.132. The lowest BCUT2D eigenvalue weighted by Gasteiger charge is -2.32. The molecule has 5 nitrogen and oxygen atoms in total. The molecule has 7 heteroatoms. The van der Waals surface area contributed by atoms with Gasteiger partial charge in [-0.05, 0) is 32.5 Å². The van der Waals surface area contributed by atoms with Gasteiger partial charge in [-0.15, -0.1) is 24.8 Å². The second kappa shape index (κ2) is 12.0. The summed E-state index contributed by atoms with van der Waals surface area (Å²) >= 11 is 0. The van der Waals surface area contributed by atoms with E-state index in [1.807, 2.05) is 0 Å². The molecule has 0 radical (unpaired) electrons. The predicted octanol–water partition coefficient (Wildman–Crippen LogP) is 2.08. The Balaban J connectivity index is 0.00000169. The minimum absolute atomic E-state index is 0. The second-order valence-corrected chi connectivity index (χ2v) is 7.24. The van der Waals surface area contributed by atoms with Crippen LogP contribution in [0.1, 0.15) is 18.4 Å². The molecule has 1 unspecified atom stereocenters. The Morgan fingerprint density at radius 1 is 1.04 bits per heavy atom. The van der Waals surface area contributed by atoms with Crippen molar-refractivity contribution >= 4 is 24.8 Å². The van der Waals surface area contributed by atoms with Crippen LogP contribution in [0.4, 0.5) is 0 Å². The number of hydrogen-bond donors (Lipinski definition) is 1. The van der Waals surface area contributed by atoms with Crippen molar-refractivity contribution in [3.63, 3.8) is 0 Å². The van der Waals surface area contributed by atoms with Crippen LogP contribution in [0.15, 0.2) is 24.3 Å². The Bertz CT molecular complexity index is 512. The number of likely N-dealkylation sites (tertiary alicyclic amines) is 1. The number of hydrogen-bond acceptors (Lipinski definition) is 5. The number of piperazine rings is 1. The van der Waals surface area contributed by atoms with E-state index in [4.69, 9.17) is 10.5 Å². The van der Waals surface area contributed by atoms with Crippen molar-refractivity contribution in [3.05, 3.63) is 29.8 Å². The normalized spacial score (nSPS) is 22.3. The van der Waals surface area contributed by atoms with Gasteiger partial charge in [0, 0.05) is 57.4 Å². The summed E-state index contributed by atoms with van der Waals surface area (Å²) in [7, 11) is 2.19. The summed E-state index contributed by atoms with van der Waals surface area (Å²) in [5.74, 6) is 1.03. The van der Waals surface area contributed by atoms with Crippen LogP contribution >= 0.6 is 24.8 Å². The molecule has 2 heterocycles. The third-order valence-electron chi connectivity index (χ3n) is 5.17. The highest BCUT2D eigenvalue weighted by Gasteiger charge is 2.18. The topological polar surface area (TPSA) is 45.0 Å². The molecule has 0 saturated carbocycles. The maximum Gasteiger partial charge on any atom is 0.123 e. The molecular weight excluding hydrogens is 371 g/mol. The smallest absolute Gasteiger partial charge is 0.123 e. The van der Waals surface area contributed by atoms with Gasteiger partial charge in [-0.1, -0.05) is 18.2 Å². The maximum atomic E-state index is 6.12. The summed E-state index contributed by atoms with van der Waals surface area (Å²) in [5, 5.41) is 0. The fourth-order valence-electron chi connectivity index (χ4n) is 3.61. The van der Waals surface area contributed by atoms with Crippen LogP contribution in [0.2, 0.25) is 0 Å². The Morgan fingerprint density at radius 2 is 1.77 bits per heavy atom. The minimum Gasteiger partial charge on any atom is -0.492 e. The molecule has 2 saturated heterocycles. The molecule has 0 aromatic heterocycles. The van der Waals surface area contributed by atoms with E-state index in [-0.39, 0.29) is 24.8 Å². The van der Waals surface area contributed by atoms with Crippen molar-refractivity contribution in [2.45, 2.75) is 25.4 Å². The van der Waals surface area contributed by atoms with Crippen LogP contribution in [0, 0.1) is 0 Å². The van der Waals surface area contributed by atoms with Crippen LogP contribution in [0.3, 0.4) is 0 Å². The molecule has 3 rings (SSSR count). The third-order valence-corrected chi connectivity index (χ3v) is 5.17. The molecule has 150 valence electrons. The van der Waals surface area contributed by atoms with E-state index in [9.17, 15) is 0 Å². The standard InChI is InChI=1S/C19H32N4O.2ClH/c1-21-9-11-22(12-10-21)13-14-24-19-7-3-2-5-17(19)15-23-8-4-6-18(20)16-23;;/h2-3,5,7,18H,4,6,8-16,20H2,1H3;2*1H. The lowest BCUT2D eigenvalue weighted by Crippen LogP contribution is -2.45. The lowest BCUT2D eigenvalue weighted by atomic mass is 10.1. The average molecular weight is 405 g/mol. The van der Waals surface area contributed by atoms with Gasteiger partial charge in [-0.2, -0.15) is 0 Å². The van der Waals surface area contributed by atoms with Crippen molar-refractivity contribution < 1.29 is 4.74 Å². The number of likely N-dealkylation sites (N-methyl/N-ethyl adjacent to an activating group) is 1. The fourth-order valence-corrected chi connectivity index (χ4v) is 3.61. The molecule has 26 heavy (non-hydrogen) atoms. The first-order valence-corrected chi connectivity index (χ1v) is 9.30. The molecule has 2 N–H and O–H groups in total. The predicted molar refractivity (Wildman–Crippen MR) is 113 cm³/mol. The van der Waals surface area contributed by atoms with Gasteiger partial charge in [-0.3, -0.25) is 9.80 Å². The van der Waals surface area contributed by atoms with Crippen molar-refractivity contribution in [1.29, 1.82) is 0 Å². The molecule has 0 spiro atoms. The molecular formula is C19H34Cl2N4O. The van der Waals surface area contributed by atoms with Crippen molar-refractivity contribution in [2.75, 3.05) is 59.5 Å². The first-order chi connectivity index (χ1) is 11.7. The zero-order valence-electron chi connectivity index (χ0n) is 15.8. The monoisotopic (exact) mass is 404 g/mol. The van der Waals surface area contributed by atoms with Gasteiger partial charge < -0.3 is 15.4 Å². The zero-order chi connectivity index (χ0) is 16.8. The SMILES string of the molecule is CN1CCN(CCOc2ccccc2CN2CCCC(N)C2)CC1.Cl.Cl. The summed E-state index contributed by atoms with van der Waals surface area (Å²) in [6.45, 7) is 9.46. The summed E-state index contributed by atoms with van der Waals surface area (Å²) in [5.41, 5.74) is 7.39. The van der Waals surface area contributed by atoms with E-state index in [1.54, 1.807) is 0 Å². The number of nitrogens with zero attached hydrogens (tertiary/aromatic N) is 3. The van der Waals surface area contributed by atoms with E-state index < -0.39 is 0 Å². The van der Waals surface area contributed by atoms with E-state index in [1.165, 1.54) is 12.0 Å². The first kappa shape index (κ1) is 23.5. The highest BCUT2D eigenvalue weighted by atomic mass is 35.5. The van der Waals surface area contributed by atoms with E-state index >= 15 is 0 Å². The van der Waals surface area contributed by atoms with Crippen molar-refractivity contribution in [2.24, 2.45) is 5.73 Å². The average Bonchev–Trinajstić information content (AvgIpc) is 2.58. The van der Waals surface area contributed by atoms with Gasteiger partial charge in [-0.25, -0.2) is 0 Å². The number of piperidine rings is 1. The van der Waals surface area contributed by atoms with Gasteiger partial charge in [0.25, 0.3) is 0 Å². The summed E-state index contributed by atoms with van der Waals surface area (Å²) < 4.78 is 6.12. The molecule has 2 aliphatic rings. The third kappa shape index (κ3) is 7.22. The van der Waals surface area contributed by atoms with Crippen LogP contribution < -0.4 is 10.5 Å². The highest BCUT2D eigenvalue weighted by molar-refractivity contribution is 5.85. The molecule has 0 bridgehead atoms. The minimum atomic E-state index is 0. The second-order valence-electron chi connectivity index (χ2n) is 7.24. The number of rotatable bonds is 6. The Labute approximate surface area is 170 Å². The van der Waals surface area contributed by atoms with Crippen LogP contribution in [0.5, 0.6) is 5.75 Å². The van der Waals surface area contributed by atoms with Crippen molar-refractivity contribution in [1.82, 2.24) is 14.7 Å². The molecule has 1 aromatic carbocycles. The van der Waals surface area contributed by atoms with Gasteiger partial charge in [0.15, 0.2) is 0 Å². The number of benzene rings is 1. The molecule has 2 aliphatic heterocycles. The number of para-hydroxylation sites is 1. The largest absolute Gasteiger partial charge is 0.492 e. The summed E-state index contributed by atoms with van der Waals surface area (Å²) in [4.78, 5) is 7.33. The van der Waals surface area contributed by atoms with Crippen LogP contribution in [-0.2, 0) is 6.54 Å². The highest BCUT2D eigenvalue weighted by Crippen LogP contribution is 2.21. The Kier molecular flexibility index (Phi) is 10.8.